The molecule has 0 saturated carbocycles. The summed E-state index contributed by atoms with van der Waals surface area (Å²) in [5.41, 5.74) is 2.60. The maximum atomic E-state index is 10.8. The molecule has 4 heteroatoms. The fourth-order valence-corrected chi connectivity index (χ4v) is 3.17. The molecule has 0 aliphatic carbocycles. The number of aliphatic hydroxyl groups is 1. The second-order valence-electron chi connectivity index (χ2n) is 5.08. The standard InChI is InChI=1S/C14H14N2O2/c17-14(5-6-18-8-14)13-11-4-2-1-3-10(11)12-7-15-9-16(12)13/h1-4,7,9,13,17H,5-6,8H2/t13-,14-/m1/s1. The van der Waals surface area contributed by atoms with Gasteiger partial charge in [0.25, 0.3) is 0 Å². The monoisotopic (exact) mass is 242 g/mol. The summed E-state index contributed by atoms with van der Waals surface area (Å²) in [5.74, 6) is 0. The number of fused-ring (bicyclic) bond motifs is 3. The highest BCUT2D eigenvalue weighted by Gasteiger charge is 2.46. The molecule has 1 aromatic heterocycles. The summed E-state index contributed by atoms with van der Waals surface area (Å²) in [6, 6.07) is 8.14. The van der Waals surface area contributed by atoms with Crippen molar-refractivity contribution in [3.63, 3.8) is 0 Å². The summed E-state index contributed by atoms with van der Waals surface area (Å²) in [6.45, 7) is 1.02. The van der Waals surface area contributed by atoms with E-state index in [0.29, 0.717) is 19.6 Å². The number of imidazole rings is 1. The number of aromatic nitrogens is 2. The smallest absolute Gasteiger partial charge is 0.115 e. The molecule has 0 bridgehead atoms. The Bertz CT molecular complexity index is 599. The molecule has 0 amide bonds. The Morgan fingerprint density at radius 3 is 3.11 bits per heavy atom. The maximum Gasteiger partial charge on any atom is 0.115 e. The molecule has 1 N–H and O–H groups in total. The van der Waals surface area contributed by atoms with E-state index in [0.717, 1.165) is 5.69 Å². The zero-order valence-corrected chi connectivity index (χ0v) is 9.91. The highest BCUT2D eigenvalue weighted by Crippen LogP contribution is 2.46. The van der Waals surface area contributed by atoms with Crippen LogP contribution in [0.25, 0.3) is 11.3 Å². The van der Waals surface area contributed by atoms with Gasteiger partial charge in [-0.3, -0.25) is 0 Å². The van der Waals surface area contributed by atoms with E-state index in [9.17, 15) is 5.11 Å². The average molecular weight is 242 g/mol. The minimum Gasteiger partial charge on any atom is -0.385 e. The van der Waals surface area contributed by atoms with E-state index >= 15 is 0 Å². The molecular formula is C14H14N2O2. The summed E-state index contributed by atoms with van der Waals surface area (Å²) in [7, 11) is 0. The van der Waals surface area contributed by atoms with Crippen LogP contribution in [0, 0.1) is 0 Å². The lowest BCUT2D eigenvalue weighted by molar-refractivity contribution is -0.00435. The first-order valence-electron chi connectivity index (χ1n) is 6.21. The summed E-state index contributed by atoms with van der Waals surface area (Å²) in [5, 5.41) is 10.8. The topological polar surface area (TPSA) is 47.3 Å². The van der Waals surface area contributed by atoms with Gasteiger partial charge in [0.15, 0.2) is 0 Å². The van der Waals surface area contributed by atoms with E-state index < -0.39 is 5.60 Å². The van der Waals surface area contributed by atoms with Crippen molar-refractivity contribution in [1.82, 2.24) is 9.55 Å². The van der Waals surface area contributed by atoms with Crippen LogP contribution < -0.4 is 0 Å². The van der Waals surface area contributed by atoms with E-state index in [4.69, 9.17) is 4.74 Å². The van der Waals surface area contributed by atoms with Crippen LogP contribution in [-0.4, -0.2) is 33.5 Å². The minimum absolute atomic E-state index is 0.0753. The lowest BCUT2D eigenvalue weighted by Crippen LogP contribution is -2.39. The third kappa shape index (κ3) is 1.19. The zero-order chi connectivity index (χ0) is 12.2. The number of hydrogen-bond acceptors (Lipinski definition) is 3. The number of hydrogen-bond donors (Lipinski definition) is 1. The van der Waals surface area contributed by atoms with Crippen molar-refractivity contribution < 1.29 is 9.84 Å². The van der Waals surface area contributed by atoms with Crippen LogP contribution >= 0.6 is 0 Å². The molecule has 92 valence electrons. The van der Waals surface area contributed by atoms with Crippen molar-refractivity contribution in [1.29, 1.82) is 0 Å². The number of rotatable bonds is 1. The van der Waals surface area contributed by atoms with Gasteiger partial charge >= 0.3 is 0 Å². The molecule has 18 heavy (non-hydrogen) atoms. The molecule has 1 fully saturated rings. The lowest BCUT2D eigenvalue weighted by atomic mass is 9.87. The highest BCUT2D eigenvalue weighted by molar-refractivity contribution is 5.69. The SMILES string of the molecule is O[C@]1([C@H]2c3ccccc3-c3cncn32)CCOC1. The Morgan fingerprint density at radius 1 is 1.39 bits per heavy atom. The van der Waals surface area contributed by atoms with Crippen LogP contribution in [0.5, 0.6) is 0 Å². The summed E-state index contributed by atoms with van der Waals surface area (Å²) in [6.07, 6.45) is 4.33. The first kappa shape index (κ1) is 10.3. The molecule has 2 aromatic rings. The Morgan fingerprint density at radius 2 is 2.28 bits per heavy atom. The zero-order valence-electron chi connectivity index (χ0n) is 9.91. The van der Waals surface area contributed by atoms with Crippen LogP contribution in [0.2, 0.25) is 0 Å². The first-order chi connectivity index (χ1) is 8.80. The van der Waals surface area contributed by atoms with Crippen LogP contribution in [0.4, 0.5) is 0 Å². The lowest BCUT2D eigenvalue weighted by Gasteiger charge is -2.30. The minimum atomic E-state index is -0.817. The summed E-state index contributed by atoms with van der Waals surface area (Å²) >= 11 is 0. The predicted molar refractivity (Wildman–Crippen MR) is 66.2 cm³/mol. The molecule has 1 aromatic carbocycles. The van der Waals surface area contributed by atoms with Gasteiger partial charge in [-0.2, -0.15) is 0 Å². The van der Waals surface area contributed by atoms with Crippen LogP contribution in [0.1, 0.15) is 18.0 Å². The van der Waals surface area contributed by atoms with Crippen molar-refractivity contribution >= 4 is 0 Å². The molecule has 0 unspecified atom stereocenters. The average Bonchev–Trinajstić information content (AvgIpc) is 3.04. The Kier molecular flexibility index (Phi) is 1.96. The van der Waals surface area contributed by atoms with Crippen molar-refractivity contribution in [3.8, 4) is 11.3 Å². The van der Waals surface area contributed by atoms with Crippen LogP contribution in [0.15, 0.2) is 36.8 Å². The van der Waals surface area contributed by atoms with E-state index in [1.807, 2.05) is 18.3 Å². The molecular weight excluding hydrogens is 228 g/mol. The van der Waals surface area contributed by atoms with Gasteiger partial charge in [-0.1, -0.05) is 24.3 Å². The number of nitrogens with zero attached hydrogens (tertiary/aromatic N) is 2. The maximum absolute atomic E-state index is 10.8. The first-order valence-corrected chi connectivity index (χ1v) is 6.21. The number of ether oxygens (including phenoxy) is 1. The van der Waals surface area contributed by atoms with Crippen LogP contribution in [0.3, 0.4) is 0 Å². The molecule has 4 nitrogen and oxygen atoms in total. The highest BCUT2D eigenvalue weighted by atomic mass is 16.5. The summed E-state index contributed by atoms with van der Waals surface area (Å²) < 4.78 is 7.46. The second-order valence-corrected chi connectivity index (χ2v) is 5.08. The van der Waals surface area contributed by atoms with E-state index in [2.05, 4.69) is 21.7 Å². The Labute approximate surface area is 105 Å². The molecule has 4 rings (SSSR count). The Hall–Kier alpha value is -1.65. The van der Waals surface area contributed by atoms with Gasteiger partial charge in [0, 0.05) is 18.6 Å². The number of benzene rings is 1. The van der Waals surface area contributed by atoms with Gasteiger partial charge in [0.05, 0.1) is 30.9 Å². The fourth-order valence-electron chi connectivity index (χ4n) is 3.17. The third-order valence-corrected chi connectivity index (χ3v) is 4.02. The van der Waals surface area contributed by atoms with E-state index in [1.165, 1.54) is 11.1 Å². The molecule has 0 spiro atoms. The predicted octanol–water partition coefficient (Wildman–Crippen LogP) is 1.60. The second kappa shape index (κ2) is 3.43. The van der Waals surface area contributed by atoms with Gasteiger partial charge in [0.1, 0.15) is 5.60 Å². The van der Waals surface area contributed by atoms with Gasteiger partial charge in [-0.05, 0) is 5.56 Å². The van der Waals surface area contributed by atoms with E-state index in [-0.39, 0.29) is 6.04 Å². The van der Waals surface area contributed by atoms with Crippen LogP contribution in [-0.2, 0) is 4.74 Å². The molecule has 1 saturated heterocycles. The summed E-state index contributed by atoms with van der Waals surface area (Å²) in [4.78, 5) is 4.21. The quantitative estimate of drug-likeness (QED) is 0.826. The van der Waals surface area contributed by atoms with Gasteiger partial charge in [0.2, 0.25) is 0 Å². The fraction of sp³-hybridized carbons (Fsp3) is 0.357. The van der Waals surface area contributed by atoms with Crippen molar-refractivity contribution in [3.05, 3.63) is 42.4 Å². The third-order valence-electron chi connectivity index (χ3n) is 4.02. The largest absolute Gasteiger partial charge is 0.385 e. The Balaban J connectivity index is 1.94. The van der Waals surface area contributed by atoms with Crippen molar-refractivity contribution in [2.24, 2.45) is 0 Å². The van der Waals surface area contributed by atoms with Gasteiger partial charge in [-0.15, -0.1) is 0 Å². The van der Waals surface area contributed by atoms with Gasteiger partial charge in [-0.25, -0.2) is 4.98 Å². The van der Waals surface area contributed by atoms with Crippen molar-refractivity contribution in [2.45, 2.75) is 18.1 Å². The molecule has 2 atom stereocenters. The normalized spacial score (nSPS) is 29.3. The van der Waals surface area contributed by atoms with Crippen molar-refractivity contribution in [2.75, 3.05) is 13.2 Å². The molecule has 0 radical (unpaired) electrons. The molecule has 2 aliphatic rings. The molecule has 3 heterocycles. The van der Waals surface area contributed by atoms with Gasteiger partial charge < -0.3 is 14.4 Å². The van der Waals surface area contributed by atoms with E-state index in [1.54, 1.807) is 6.33 Å². The molecule has 2 aliphatic heterocycles.